The Morgan fingerprint density at radius 2 is 2.02 bits per heavy atom. The minimum Gasteiger partial charge on any atom is -0.481 e. The summed E-state index contributed by atoms with van der Waals surface area (Å²) in [6, 6.07) is 11.3. The van der Waals surface area contributed by atoms with E-state index >= 15 is 0 Å². The van der Waals surface area contributed by atoms with Crippen molar-refractivity contribution < 1.29 is 18.8 Å². The molecule has 1 unspecified atom stereocenters. The second kappa shape index (κ2) is 11.6. The van der Waals surface area contributed by atoms with Crippen molar-refractivity contribution in [2.75, 3.05) is 26.5 Å². The van der Waals surface area contributed by atoms with Gasteiger partial charge in [0.1, 0.15) is 5.82 Å². The standard InChI is InChI=1S/C28H30FN9O3/c1-15-10-18(36-35-15)13-38(3)25(39)14-41-37-27-26-16(2)31-28(30)34-23(26)12-22(33-27)19-9-8-17(29)11-20(19)21-6-5-7-24(32-21)40-4/h5-11,22H,12-14H2,1-4H3,(H,33,37)(H,35,36)(H2,30,31,34). The Kier molecular flexibility index (Phi) is 7.77. The van der Waals surface area contributed by atoms with E-state index in [9.17, 15) is 9.18 Å². The molecule has 0 aliphatic carbocycles. The van der Waals surface area contributed by atoms with Crippen molar-refractivity contribution >= 4 is 17.7 Å². The van der Waals surface area contributed by atoms with Crippen LogP contribution in [0.25, 0.3) is 11.3 Å². The van der Waals surface area contributed by atoms with Crippen LogP contribution in [0.5, 0.6) is 5.88 Å². The number of amidine groups is 1. The third-order valence-electron chi connectivity index (χ3n) is 6.65. The number of carbonyl (C=O) groups excluding carboxylic acids is 1. The molecule has 1 aliphatic rings. The first kappa shape index (κ1) is 27.5. The number of methoxy groups -OCH3 is 1. The number of amides is 1. The highest BCUT2D eigenvalue weighted by molar-refractivity contribution is 6.01. The van der Waals surface area contributed by atoms with Crippen molar-refractivity contribution in [1.82, 2.24) is 35.4 Å². The molecule has 0 saturated carbocycles. The largest absolute Gasteiger partial charge is 0.481 e. The van der Waals surface area contributed by atoms with E-state index in [4.69, 9.17) is 15.3 Å². The second-order valence-electron chi connectivity index (χ2n) is 9.69. The van der Waals surface area contributed by atoms with Crippen molar-refractivity contribution in [2.24, 2.45) is 5.16 Å². The van der Waals surface area contributed by atoms with E-state index in [1.165, 1.54) is 24.1 Å². The molecule has 1 aromatic carbocycles. The number of aromatic nitrogens is 5. The third kappa shape index (κ3) is 6.08. The lowest BCUT2D eigenvalue weighted by Gasteiger charge is -2.29. The van der Waals surface area contributed by atoms with Gasteiger partial charge in [-0.3, -0.25) is 9.89 Å². The van der Waals surface area contributed by atoms with Gasteiger partial charge in [0, 0.05) is 30.8 Å². The average molecular weight is 560 g/mol. The molecule has 1 amide bonds. The van der Waals surface area contributed by atoms with Crippen LogP contribution in [0.2, 0.25) is 0 Å². The topological polar surface area (TPSA) is 157 Å². The van der Waals surface area contributed by atoms with Crippen LogP contribution in [-0.2, 0) is 22.6 Å². The predicted octanol–water partition coefficient (Wildman–Crippen LogP) is 2.83. The van der Waals surface area contributed by atoms with Crippen molar-refractivity contribution in [3.05, 3.63) is 82.2 Å². The lowest BCUT2D eigenvalue weighted by atomic mass is 9.90. The number of ether oxygens (including phenoxy) is 1. The Morgan fingerprint density at radius 1 is 1.20 bits per heavy atom. The van der Waals surface area contributed by atoms with Gasteiger partial charge in [0.25, 0.3) is 5.91 Å². The Balaban J connectivity index is 1.43. The molecule has 0 saturated heterocycles. The molecule has 212 valence electrons. The monoisotopic (exact) mass is 559 g/mol. The summed E-state index contributed by atoms with van der Waals surface area (Å²) in [7, 11) is 3.19. The Morgan fingerprint density at radius 3 is 2.78 bits per heavy atom. The molecule has 1 aliphatic heterocycles. The number of halogens is 1. The lowest BCUT2D eigenvalue weighted by molar-refractivity contribution is -0.135. The zero-order valence-electron chi connectivity index (χ0n) is 23.1. The number of nitrogens with two attached hydrogens (primary N) is 1. The van der Waals surface area contributed by atoms with E-state index in [0.29, 0.717) is 52.9 Å². The number of aryl methyl sites for hydroxylation is 2. The summed E-state index contributed by atoms with van der Waals surface area (Å²) in [5, 5.41) is 14.7. The summed E-state index contributed by atoms with van der Waals surface area (Å²) in [6.45, 7) is 3.71. The fourth-order valence-electron chi connectivity index (χ4n) is 4.73. The number of benzene rings is 1. The molecule has 5 rings (SSSR count). The van der Waals surface area contributed by atoms with Crippen molar-refractivity contribution in [3.8, 4) is 17.1 Å². The van der Waals surface area contributed by atoms with Crippen LogP contribution in [0.4, 0.5) is 10.3 Å². The van der Waals surface area contributed by atoms with Gasteiger partial charge in [-0.05, 0) is 43.7 Å². The van der Waals surface area contributed by atoms with Gasteiger partial charge in [0.2, 0.25) is 11.8 Å². The zero-order chi connectivity index (χ0) is 29.1. The molecule has 41 heavy (non-hydrogen) atoms. The number of aromatic amines is 1. The molecule has 13 heteroatoms. The van der Waals surface area contributed by atoms with Crippen LogP contribution in [0.15, 0.2) is 47.6 Å². The summed E-state index contributed by atoms with van der Waals surface area (Å²) in [4.78, 5) is 33.0. The molecule has 0 spiro atoms. The molecule has 4 heterocycles. The van der Waals surface area contributed by atoms with Gasteiger partial charge in [-0.25, -0.2) is 19.3 Å². The van der Waals surface area contributed by atoms with E-state index in [1.54, 1.807) is 38.2 Å². The number of carbonyl (C=O) groups is 1. The number of pyridine rings is 1. The SMILES string of the molecule is COc1cccc(-c2cc(F)ccc2C2Cc3nc(N)nc(C)c3/C(=N/OCC(=O)N(C)Cc3cc(C)[nH]n3)N2)n1. The number of nitrogens with one attached hydrogen (secondary N) is 2. The fourth-order valence-corrected chi connectivity index (χ4v) is 4.73. The van der Waals surface area contributed by atoms with Crippen LogP contribution in [0.1, 0.15) is 39.9 Å². The maximum Gasteiger partial charge on any atom is 0.263 e. The van der Waals surface area contributed by atoms with Crippen LogP contribution < -0.4 is 15.8 Å². The number of anilines is 1. The normalized spacial score (nSPS) is 15.2. The van der Waals surface area contributed by atoms with Gasteiger partial charge in [-0.15, -0.1) is 0 Å². The Bertz CT molecular complexity index is 1620. The molecule has 4 N–H and O–H groups in total. The number of nitrogens with zero attached hydrogens (tertiary/aromatic N) is 6. The van der Waals surface area contributed by atoms with Gasteiger partial charge in [-0.1, -0.05) is 17.3 Å². The highest BCUT2D eigenvalue weighted by Gasteiger charge is 2.30. The number of likely N-dealkylation sites (N-methyl/N-ethyl adjacent to an activating group) is 1. The van der Waals surface area contributed by atoms with Crippen LogP contribution in [-0.4, -0.2) is 62.6 Å². The summed E-state index contributed by atoms with van der Waals surface area (Å²) in [5.74, 6) is 0.181. The summed E-state index contributed by atoms with van der Waals surface area (Å²) in [5.41, 5.74) is 11.4. The van der Waals surface area contributed by atoms with Crippen LogP contribution in [0.3, 0.4) is 0 Å². The first-order valence-electron chi connectivity index (χ1n) is 12.9. The number of hydrogen-bond acceptors (Lipinski definition) is 9. The molecular formula is C28H30FN9O3. The van der Waals surface area contributed by atoms with Gasteiger partial charge >= 0.3 is 0 Å². The zero-order valence-corrected chi connectivity index (χ0v) is 23.1. The maximum absolute atomic E-state index is 14.4. The number of nitrogen functional groups attached to an aromatic ring is 1. The molecular weight excluding hydrogens is 529 g/mol. The van der Waals surface area contributed by atoms with E-state index in [0.717, 1.165) is 17.0 Å². The smallest absolute Gasteiger partial charge is 0.263 e. The van der Waals surface area contributed by atoms with E-state index in [2.05, 4.69) is 35.6 Å². The second-order valence-corrected chi connectivity index (χ2v) is 9.69. The molecule has 0 radical (unpaired) electrons. The van der Waals surface area contributed by atoms with Crippen LogP contribution in [0, 0.1) is 19.7 Å². The molecule has 12 nitrogen and oxygen atoms in total. The summed E-state index contributed by atoms with van der Waals surface area (Å²) >= 11 is 0. The van der Waals surface area contributed by atoms with E-state index in [-0.39, 0.29) is 18.5 Å². The Labute approximate surface area is 235 Å². The van der Waals surface area contributed by atoms with Crippen molar-refractivity contribution in [1.29, 1.82) is 0 Å². The maximum atomic E-state index is 14.4. The minimum atomic E-state index is -0.406. The van der Waals surface area contributed by atoms with Gasteiger partial charge < -0.3 is 25.5 Å². The number of H-pyrrole nitrogens is 1. The highest BCUT2D eigenvalue weighted by Crippen LogP contribution is 2.34. The van der Waals surface area contributed by atoms with E-state index < -0.39 is 11.9 Å². The number of oxime groups is 1. The van der Waals surface area contributed by atoms with E-state index in [1.807, 2.05) is 13.0 Å². The fraction of sp³-hybridized carbons (Fsp3) is 0.286. The minimum absolute atomic E-state index is 0.126. The third-order valence-corrected chi connectivity index (χ3v) is 6.65. The lowest BCUT2D eigenvalue weighted by Crippen LogP contribution is -2.38. The van der Waals surface area contributed by atoms with Gasteiger partial charge in [0.05, 0.1) is 48.0 Å². The summed E-state index contributed by atoms with van der Waals surface area (Å²) in [6.07, 6.45) is 0.412. The Hall–Kier alpha value is -5.07. The molecule has 0 bridgehead atoms. The first-order valence-corrected chi connectivity index (χ1v) is 12.9. The number of rotatable bonds is 8. The van der Waals surface area contributed by atoms with Crippen LogP contribution >= 0.6 is 0 Å². The van der Waals surface area contributed by atoms with Crippen molar-refractivity contribution in [3.63, 3.8) is 0 Å². The first-order chi connectivity index (χ1) is 19.7. The van der Waals surface area contributed by atoms with Gasteiger partial charge in [0.15, 0.2) is 12.4 Å². The molecule has 3 aromatic heterocycles. The summed E-state index contributed by atoms with van der Waals surface area (Å²) < 4.78 is 19.7. The predicted molar refractivity (Wildman–Crippen MR) is 149 cm³/mol. The highest BCUT2D eigenvalue weighted by atomic mass is 19.1. The molecule has 1 atom stereocenters. The average Bonchev–Trinajstić information content (AvgIpc) is 3.36. The quantitative estimate of drug-likeness (QED) is 0.276. The molecule has 4 aromatic rings. The van der Waals surface area contributed by atoms with Gasteiger partial charge in [-0.2, -0.15) is 5.10 Å². The molecule has 0 fully saturated rings. The number of hydrogen-bond donors (Lipinski definition) is 3. The van der Waals surface area contributed by atoms with Crippen molar-refractivity contribution in [2.45, 2.75) is 32.9 Å². The number of fused-ring (bicyclic) bond motifs is 1.